The highest BCUT2D eigenvalue weighted by molar-refractivity contribution is 5.89. The van der Waals surface area contributed by atoms with Gasteiger partial charge in [-0.2, -0.15) is 0 Å². The minimum Gasteiger partial charge on any atom is -0.481 e. The van der Waals surface area contributed by atoms with Crippen LogP contribution in [0, 0.1) is 11.8 Å². The molecule has 0 aliphatic carbocycles. The van der Waals surface area contributed by atoms with Gasteiger partial charge in [-0.3, -0.25) is 24.0 Å². The van der Waals surface area contributed by atoms with Crippen molar-refractivity contribution in [2.24, 2.45) is 17.6 Å². The summed E-state index contributed by atoms with van der Waals surface area (Å²) >= 11 is 0. The topological polar surface area (TPSA) is 194 Å². The number of nitrogens with two attached hydrogens (primary N) is 1. The van der Waals surface area contributed by atoms with E-state index in [1.54, 1.807) is 44.2 Å². The number of ether oxygens (including phenoxy) is 2. The number of benzene rings is 1. The molecule has 0 unspecified atom stereocenters. The lowest BCUT2D eigenvalue weighted by Crippen LogP contribution is -2.56. The van der Waals surface area contributed by atoms with Crippen molar-refractivity contribution in [3.63, 3.8) is 0 Å². The van der Waals surface area contributed by atoms with Crippen molar-refractivity contribution < 1.29 is 43.3 Å². The van der Waals surface area contributed by atoms with E-state index in [4.69, 9.17) is 15.2 Å². The van der Waals surface area contributed by atoms with Crippen LogP contribution in [0.5, 0.6) is 0 Å². The number of nitrogens with one attached hydrogen (secondary N) is 2. The average molecular weight is 605 g/mol. The molecule has 1 aromatic carbocycles. The number of nitrogens with zero attached hydrogens (tertiary/aromatic N) is 1. The maximum Gasteiger partial charge on any atom is 0.329 e. The molecular formula is C30H44N4O9. The Morgan fingerprint density at radius 3 is 2.30 bits per heavy atom. The Labute approximate surface area is 251 Å². The van der Waals surface area contributed by atoms with E-state index in [-0.39, 0.29) is 43.7 Å². The van der Waals surface area contributed by atoms with Gasteiger partial charge in [0.15, 0.2) is 0 Å². The molecule has 0 radical (unpaired) electrons. The number of likely N-dealkylation sites (tertiary alicyclic amines) is 1. The minimum atomic E-state index is -1.43. The number of hydrogen-bond donors (Lipinski definition) is 4. The van der Waals surface area contributed by atoms with Gasteiger partial charge in [0.05, 0.1) is 19.0 Å². The van der Waals surface area contributed by atoms with Gasteiger partial charge >= 0.3 is 17.9 Å². The standard InChI is InChI=1S/C30H44N4O9/c1-6-18(4)26(31)29(40)34-13-12-22(42-19(5)35)27(34)23(15-25(37)38)43-30(41)21(14-20-10-8-7-9-11-20)33-24(36)16-32-28(39)17(2)3/h7-11,17-18,21-23,26-27H,6,12-16,31H2,1-5H3,(H,32,39)(H,33,36)(H,37,38)/t18-,21+,22-,23+,26+,27+/m1/s1. The van der Waals surface area contributed by atoms with E-state index in [0.29, 0.717) is 12.0 Å². The number of amides is 3. The van der Waals surface area contributed by atoms with Gasteiger partial charge in [-0.05, 0) is 11.5 Å². The second-order valence-electron chi connectivity index (χ2n) is 11.1. The second-order valence-corrected chi connectivity index (χ2v) is 11.1. The Hall–Kier alpha value is -4.00. The van der Waals surface area contributed by atoms with Crippen LogP contribution < -0.4 is 16.4 Å². The summed E-state index contributed by atoms with van der Waals surface area (Å²) in [5.41, 5.74) is 6.90. The summed E-state index contributed by atoms with van der Waals surface area (Å²) in [6.45, 7) is 7.94. The molecule has 43 heavy (non-hydrogen) atoms. The molecule has 1 saturated heterocycles. The van der Waals surface area contributed by atoms with Gasteiger partial charge in [0.25, 0.3) is 0 Å². The van der Waals surface area contributed by atoms with E-state index in [0.717, 1.165) is 0 Å². The maximum absolute atomic E-state index is 13.6. The number of rotatable bonds is 15. The lowest BCUT2D eigenvalue weighted by atomic mass is 9.97. The molecule has 6 atom stereocenters. The summed E-state index contributed by atoms with van der Waals surface area (Å²) in [5.74, 6) is -4.94. The molecule has 1 aromatic rings. The third-order valence-electron chi connectivity index (χ3n) is 7.41. The highest BCUT2D eigenvalue weighted by Gasteiger charge is 2.48. The third-order valence-corrected chi connectivity index (χ3v) is 7.41. The van der Waals surface area contributed by atoms with E-state index in [1.165, 1.54) is 11.8 Å². The van der Waals surface area contributed by atoms with Crippen molar-refractivity contribution in [1.29, 1.82) is 0 Å². The normalized spacial score (nSPS) is 19.1. The molecule has 13 nitrogen and oxygen atoms in total. The van der Waals surface area contributed by atoms with Crippen LogP contribution in [-0.2, 0) is 44.7 Å². The minimum absolute atomic E-state index is 0.00288. The van der Waals surface area contributed by atoms with E-state index in [1.807, 2.05) is 13.8 Å². The predicted octanol–water partition coefficient (Wildman–Crippen LogP) is 0.779. The largest absolute Gasteiger partial charge is 0.481 e. The van der Waals surface area contributed by atoms with Crippen molar-refractivity contribution in [3.05, 3.63) is 35.9 Å². The molecule has 0 spiro atoms. The number of hydrogen-bond acceptors (Lipinski definition) is 9. The number of carboxylic acid groups (broad SMARTS) is 1. The van der Waals surface area contributed by atoms with Crippen molar-refractivity contribution in [2.45, 2.75) is 90.6 Å². The Bertz CT molecular complexity index is 1140. The molecule has 1 aliphatic heterocycles. The fourth-order valence-corrected chi connectivity index (χ4v) is 4.81. The quantitative estimate of drug-likeness (QED) is 0.208. The number of esters is 2. The van der Waals surface area contributed by atoms with E-state index < -0.39 is 66.5 Å². The summed E-state index contributed by atoms with van der Waals surface area (Å²) in [6.07, 6.45) is -2.27. The predicted molar refractivity (Wildman–Crippen MR) is 155 cm³/mol. The fraction of sp³-hybridized carbons (Fsp3) is 0.600. The Kier molecular flexibility index (Phi) is 13.6. The van der Waals surface area contributed by atoms with Crippen LogP contribution in [0.4, 0.5) is 0 Å². The van der Waals surface area contributed by atoms with Crippen LogP contribution >= 0.6 is 0 Å². The molecule has 0 saturated carbocycles. The van der Waals surface area contributed by atoms with Crippen molar-refractivity contribution in [2.75, 3.05) is 13.1 Å². The monoisotopic (exact) mass is 604 g/mol. The third kappa shape index (κ3) is 10.7. The number of aliphatic carboxylic acids is 1. The van der Waals surface area contributed by atoms with Gasteiger partial charge < -0.3 is 35.8 Å². The SMILES string of the molecule is CC[C@@H](C)[C@H](N)C(=O)N1CC[C@@H](OC(C)=O)[C@H]1[C@H](CC(=O)O)OC(=O)[C@H](Cc1ccccc1)NC(=O)CNC(=O)C(C)C. The molecule has 1 aliphatic rings. The number of carbonyl (C=O) groups excluding carboxylic acids is 5. The van der Waals surface area contributed by atoms with Crippen molar-refractivity contribution >= 4 is 35.6 Å². The van der Waals surface area contributed by atoms with Crippen LogP contribution in [0.25, 0.3) is 0 Å². The zero-order chi connectivity index (χ0) is 32.3. The molecule has 5 N–H and O–H groups in total. The number of carboxylic acids is 1. The van der Waals surface area contributed by atoms with Crippen LogP contribution in [0.2, 0.25) is 0 Å². The van der Waals surface area contributed by atoms with Gasteiger partial charge in [-0.1, -0.05) is 64.4 Å². The molecule has 1 fully saturated rings. The zero-order valence-electron chi connectivity index (χ0n) is 25.4. The van der Waals surface area contributed by atoms with Gasteiger partial charge in [-0.15, -0.1) is 0 Å². The summed E-state index contributed by atoms with van der Waals surface area (Å²) in [6, 6.07) is 5.48. The first-order valence-corrected chi connectivity index (χ1v) is 14.5. The Morgan fingerprint density at radius 2 is 1.74 bits per heavy atom. The molecule has 3 amide bonds. The molecular weight excluding hydrogens is 560 g/mol. The fourth-order valence-electron chi connectivity index (χ4n) is 4.81. The van der Waals surface area contributed by atoms with Gasteiger partial charge in [0, 0.05) is 32.2 Å². The lowest BCUT2D eigenvalue weighted by Gasteiger charge is -2.36. The molecule has 0 bridgehead atoms. The van der Waals surface area contributed by atoms with Crippen LogP contribution in [0.1, 0.15) is 59.4 Å². The molecule has 2 rings (SSSR count). The zero-order valence-corrected chi connectivity index (χ0v) is 25.4. The smallest absolute Gasteiger partial charge is 0.329 e. The van der Waals surface area contributed by atoms with E-state index >= 15 is 0 Å². The van der Waals surface area contributed by atoms with Gasteiger partial charge in [-0.25, -0.2) is 4.79 Å². The van der Waals surface area contributed by atoms with Gasteiger partial charge in [0.2, 0.25) is 17.7 Å². The average Bonchev–Trinajstić information content (AvgIpc) is 3.36. The highest BCUT2D eigenvalue weighted by atomic mass is 16.6. The van der Waals surface area contributed by atoms with Crippen molar-refractivity contribution in [3.8, 4) is 0 Å². The van der Waals surface area contributed by atoms with Crippen molar-refractivity contribution in [1.82, 2.24) is 15.5 Å². The maximum atomic E-state index is 13.6. The Balaban J connectivity index is 2.39. The summed E-state index contributed by atoms with van der Waals surface area (Å²) < 4.78 is 11.2. The molecule has 238 valence electrons. The first-order valence-electron chi connectivity index (χ1n) is 14.5. The first kappa shape index (κ1) is 35.2. The highest BCUT2D eigenvalue weighted by Crippen LogP contribution is 2.29. The van der Waals surface area contributed by atoms with E-state index in [2.05, 4.69) is 10.6 Å². The van der Waals surface area contributed by atoms with E-state index in [9.17, 15) is 33.9 Å². The Morgan fingerprint density at radius 1 is 1.09 bits per heavy atom. The molecule has 13 heteroatoms. The lowest BCUT2D eigenvalue weighted by molar-refractivity contribution is -0.167. The molecule has 1 heterocycles. The van der Waals surface area contributed by atoms with Gasteiger partial charge in [0.1, 0.15) is 24.3 Å². The van der Waals surface area contributed by atoms with Crippen LogP contribution in [0.15, 0.2) is 30.3 Å². The number of carbonyl (C=O) groups is 6. The summed E-state index contributed by atoms with van der Waals surface area (Å²) in [7, 11) is 0. The summed E-state index contributed by atoms with van der Waals surface area (Å²) in [5, 5.41) is 14.8. The first-order chi connectivity index (χ1) is 20.2. The van der Waals surface area contributed by atoms with Crippen LogP contribution in [0.3, 0.4) is 0 Å². The second kappa shape index (κ2) is 16.6. The van der Waals surface area contributed by atoms with Crippen LogP contribution in [-0.4, -0.2) is 89.1 Å². The molecule has 0 aromatic heterocycles. The summed E-state index contributed by atoms with van der Waals surface area (Å²) in [4.78, 5) is 76.9.